The van der Waals surface area contributed by atoms with Crippen LogP contribution in [-0.2, 0) is 21.5 Å². The summed E-state index contributed by atoms with van der Waals surface area (Å²) in [5, 5.41) is 10.6. The lowest BCUT2D eigenvalue weighted by molar-refractivity contribution is -0.124. The van der Waals surface area contributed by atoms with Gasteiger partial charge >= 0.3 is 5.97 Å². The van der Waals surface area contributed by atoms with Crippen molar-refractivity contribution in [2.45, 2.75) is 24.8 Å². The van der Waals surface area contributed by atoms with Crippen LogP contribution in [0.3, 0.4) is 0 Å². The average molecular weight is 390 g/mol. The Balaban J connectivity index is 1.24. The van der Waals surface area contributed by atoms with Crippen molar-refractivity contribution in [2.24, 2.45) is 0 Å². The molecule has 0 aliphatic heterocycles. The number of amides is 1. The number of benzene rings is 2. The van der Waals surface area contributed by atoms with E-state index in [1.807, 2.05) is 48.5 Å². The van der Waals surface area contributed by atoms with E-state index in [2.05, 4.69) is 27.8 Å². The molecule has 0 saturated heterocycles. The summed E-state index contributed by atoms with van der Waals surface area (Å²) < 4.78 is 6.64. The fourth-order valence-electron chi connectivity index (χ4n) is 3.27. The predicted octanol–water partition coefficient (Wildman–Crippen LogP) is 2.33. The molecule has 1 heterocycles. The van der Waals surface area contributed by atoms with Crippen LogP contribution in [0.2, 0.25) is 0 Å². The molecule has 7 heteroatoms. The van der Waals surface area contributed by atoms with Gasteiger partial charge in [-0.05, 0) is 24.0 Å². The van der Waals surface area contributed by atoms with Gasteiger partial charge < -0.3 is 10.1 Å². The number of aromatic nitrogens is 3. The highest BCUT2D eigenvalue weighted by molar-refractivity contribution is 5.89. The number of carbonyl (C=O) groups is 2. The van der Waals surface area contributed by atoms with Crippen molar-refractivity contribution < 1.29 is 14.3 Å². The Morgan fingerprint density at radius 3 is 2.41 bits per heavy atom. The van der Waals surface area contributed by atoms with Crippen LogP contribution in [0.1, 0.15) is 34.5 Å². The van der Waals surface area contributed by atoms with Crippen molar-refractivity contribution in [3.8, 4) is 0 Å². The number of hydrogen-bond acceptors (Lipinski definition) is 5. The number of hydrogen-bond donors (Lipinski definition) is 1. The molecular weight excluding hydrogens is 368 g/mol. The van der Waals surface area contributed by atoms with Crippen LogP contribution in [0.25, 0.3) is 0 Å². The average Bonchev–Trinajstić information content (AvgIpc) is 3.42. The number of rotatable bonds is 8. The largest absolute Gasteiger partial charge is 0.451 e. The topological polar surface area (TPSA) is 86.1 Å². The quantitative estimate of drug-likeness (QED) is 0.597. The minimum atomic E-state index is -0.663. The molecule has 0 atom stereocenters. The molecular formula is C22H22N4O3. The summed E-state index contributed by atoms with van der Waals surface area (Å²) in [5.74, 6) is -0.985. The third-order valence-electron chi connectivity index (χ3n) is 5.13. The first-order valence-corrected chi connectivity index (χ1v) is 9.58. The van der Waals surface area contributed by atoms with Gasteiger partial charge in [0.25, 0.3) is 5.91 Å². The number of nitrogens with one attached hydrogen (secondary N) is 1. The van der Waals surface area contributed by atoms with Crippen LogP contribution < -0.4 is 5.32 Å². The van der Waals surface area contributed by atoms with Crippen molar-refractivity contribution in [1.29, 1.82) is 0 Å². The van der Waals surface area contributed by atoms with Crippen LogP contribution in [0.5, 0.6) is 0 Å². The molecule has 1 aromatic heterocycles. The molecule has 1 aliphatic rings. The van der Waals surface area contributed by atoms with Gasteiger partial charge in [0, 0.05) is 12.0 Å². The molecule has 148 valence electrons. The lowest BCUT2D eigenvalue weighted by Crippen LogP contribution is -2.35. The zero-order chi connectivity index (χ0) is 20.1. The molecule has 4 rings (SSSR count). The first kappa shape index (κ1) is 18.9. The van der Waals surface area contributed by atoms with Gasteiger partial charge in [0.05, 0.1) is 12.7 Å². The van der Waals surface area contributed by atoms with Crippen LogP contribution in [-0.4, -0.2) is 40.0 Å². The lowest BCUT2D eigenvalue weighted by Gasteiger charge is -2.16. The highest BCUT2D eigenvalue weighted by Gasteiger charge is 2.44. The van der Waals surface area contributed by atoms with Crippen LogP contribution in [0, 0.1) is 0 Å². The monoisotopic (exact) mass is 390 g/mol. The normalized spacial score (nSPS) is 14.2. The van der Waals surface area contributed by atoms with Gasteiger partial charge in [0.1, 0.15) is 0 Å². The zero-order valence-electron chi connectivity index (χ0n) is 16.0. The smallest absolute Gasteiger partial charge is 0.361 e. The molecule has 1 amide bonds. The maximum atomic E-state index is 12.1. The van der Waals surface area contributed by atoms with E-state index in [0.29, 0.717) is 13.1 Å². The highest BCUT2D eigenvalue weighted by Crippen LogP contribution is 2.47. The van der Waals surface area contributed by atoms with Gasteiger partial charge in [-0.2, -0.15) is 0 Å². The summed E-state index contributed by atoms with van der Waals surface area (Å²) in [7, 11) is 0. The first-order chi connectivity index (χ1) is 14.1. The molecule has 1 saturated carbocycles. The first-order valence-electron chi connectivity index (χ1n) is 9.58. The van der Waals surface area contributed by atoms with Crippen LogP contribution >= 0.6 is 0 Å². The van der Waals surface area contributed by atoms with E-state index in [1.165, 1.54) is 11.8 Å². The van der Waals surface area contributed by atoms with E-state index in [0.717, 1.165) is 18.4 Å². The molecule has 1 N–H and O–H groups in total. The third kappa shape index (κ3) is 4.68. The van der Waals surface area contributed by atoms with E-state index < -0.39 is 5.97 Å². The Kier molecular flexibility index (Phi) is 5.37. The molecule has 1 aliphatic carbocycles. The van der Waals surface area contributed by atoms with E-state index in [4.69, 9.17) is 4.74 Å². The number of carbonyl (C=O) groups excluding carboxylic acids is 2. The van der Waals surface area contributed by atoms with Crippen LogP contribution in [0.15, 0.2) is 66.9 Å². The second kappa shape index (κ2) is 8.26. The fourth-order valence-corrected chi connectivity index (χ4v) is 3.27. The summed E-state index contributed by atoms with van der Waals surface area (Å²) in [6.45, 7) is 0.707. The predicted molar refractivity (Wildman–Crippen MR) is 106 cm³/mol. The van der Waals surface area contributed by atoms with Crippen molar-refractivity contribution >= 4 is 11.9 Å². The summed E-state index contributed by atoms with van der Waals surface area (Å²) in [6, 6.07) is 19.9. The van der Waals surface area contributed by atoms with Crippen molar-refractivity contribution in [1.82, 2.24) is 20.3 Å². The Hall–Kier alpha value is -3.48. The maximum absolute atomic E-state index is 12.1. The summed E-state index contributed by atoms with van der Waals surface area (Å²) >= 11 is 0. The fraction of sp³-hybridized carbons (Fsp3) is 0.273. The summed E-state index contributed by atoms with van der Waals surface area (Å²) in [5.41, 5.74) is 2.37. The SMILES string of the molecule is O=C(COC(=O)c1cn(Cc2ccccc2)nn1)NCC1(c2ccccc2)CC1. The van der Waals surface area contributed by atoms with Crippen molar-refractivity contribution in [3.63, 3.8) is 0 Å². The molecule has 3 aromatic rings. The maximum Gasteiger partial charge on any atom is 0.361 e. The molecule has 2 aromatic carbocycles. The molecule has 0 bridgehead atoms. The second-order valence-corrected chi connectivity index (χ2v) is 7.29. The second-order valence-electron chi connectivity index (χ2n) is 7.29. The molecule has 0 radical (unpaired) electrons. The Bertz CT molecular complexity index is 982. The van der Waals surface area contributed by atoms with Gasteiger partial charge in [0.2, 0.25) is 0 Å². The van der Waals surface area contributed by atoms with E-state index >= 15 is 0 Å². The lowest BCUT2D eigenvalue weighted by atomic mass is 9.96. The third-order valence-corrected chi connectivity index (χ3v) is 5.13. The van der Waals surface area contributed by atoms with Gasteiger partial charge in [-0.15, -0.1) is 5.10 Å². The van der Waals surface area contributed by atoms with E-state index in [1.54, 1.807) is 4.68 Å². The molecule has 1 fully saturated rings. The standard InChI is InChI=1S/C22H22N4O3/c27-20(23-16-22(11-12-22)18-9-5-2-6-10-18)15-29-21(28)19-14-26(25-24-19)13-17-7-3-1-4-8-17/h1-10,14H,11-13,15-16H2,(H,23,27). The van der Waals surface area contributed by atoms with Crippen molar-refractivity contribution in [2.75, 3.05) is 13.2 Å². The highest BCUT2D eigenvalue weighted by atomic mass is 16.5. The van der Waals surface area contributed by atoms with Gasteiger partial charge in [-0.1, -0.05) is 65.9 Å². The molecule has 7 nitrogen and oxygen atoms in total. The summed E-state index contributed by atoms with van der Waals surface area (Å²) in [4.78, 5) is 24.2. The van der Waals surface area contributed by atoms with Gasteiger partial charge in [-0.25, -0.2) is 9.48 Å². The summed E-state index contributed by atoms with van der Waals surface area (Å²) in [6.07, 6.45) is 3.60. The minimum Gasteiger partial charge on any atom is -0.451 e. The number of esters is 1. The van der Waals surface area contributed by atoms with Gasteiger partial charge in [-0.3, -0.25) is 4.79 Å². The Morgan fingerprint density at radius 1 is 1.03 bits per heavy atom. The zero-order valence-corrected chi connectivity index (χ0v) is 16.0. The van der Waals surface area contributed by atoms with E-state index in [-0.39, 0.29) is 23.6 Å². The molecule has 29 heavy (non-hydrogen) atoms. The Morgan fingerprint density at radius 2 is 1.72 bits per heavy atom. The molecule has 0 spiro atoms. The minimum absolute atomic E-state index is 0.0149. The molecule has 0 unspecified atom stereocenters. The van der Waals surface area contributed by atoms with Crippen LogP contribution in [0.4, 0.5) is 0 Å². The van der Waals surface area contributed by atoms with E-state index in [9.17, 15) is 9.59 Å². The number of nitrogens with zero attached hydrogens (tertiary/aromatic N) is 3. The van der Waals surface area contributed by atoms with Crippen molar-refractivity contribution in [3.05, 3.63) is 83.7 Å². The number of ether oxygens (including phenoxy) is 1. The Labute approximate surface area is 168 Å². The van der Waals surface area contributed by atoms with Gasteiger partial charge in [0.15, 0.2) is 12.3 Å².